The highest BCUT2D eigenvalue weighted by Gasteiger charge is 2.48. The van der Waals surface area contributed by atoms with Gasteiger partial charge in [0.15, 0.2) is 18.1 Å². The van der Waals surface area contributed by atoms with E-state index in [4.69, 9.17) is 14.9 Å². The van der Waals surface area contributed by atoms with Crippen molar-refractivity contribution in [3.05, 3.63) is 23.3 Å². The Balaban J connectivity index is 1.88. The molecule has 2 fully saturated rings. The van der Waals surface area contributed by atoms with Gasteiger partial charge in [-0.2, -0.15) is 5.41 Å². The molecule has 15 heteroatoms. The van der Waals surface area contributed by atoms with E-state index in [1.807, 2.05) is 0 Å². The van der Waals surface area contributed by atoms with Crippen molar-refractivity contribution in [2.24, 2.45) is 0 Å². The molecule has 0 radical (unpaired) electrons. The second-order valence-corrected chi connectivity index (χ2v) is 7.47. The van der Waals surface area contributed by atoms with E-state index in [0.29, 0.717) is 0 Å². The van der Waals surface area contributed by atoms with E-state index in [2.05, 4.69) is 4.98 Å². The van der Waals surface area contributed by atoms with Crippen LogP contribution in [0.5, 0.6) is 0 Å². The molecule has 8 N–H and O–H groups in total. The van der Waals surface area contributed by atoms with E-state index in [0.717, 1.165) is 17.2 Å². The Hall–Kier alpha value is -2.21. The highest BCUT2D eigenvalue weighted by Crippen LogP contribution is 2.34. The molecule has 9 atom stereocenters. The Morgan fingerprint density at radius 3 is 2.00 bits per heavy atom. The van der Waals surface area contributed by atoms with Gasteiger partial charge in [0.1, 0.15) is 49.1 Å². The standard InChI is InChI=1S/C16H23N5O10/c17-13-7-14(19(3-18-7)15-11(27)9(25)6(2-23)30-15)20(4-21(13)29)16-12(28)10(26)8(24)5(1-22)31-16/h3-6,8-12,15-17,22-28H,1-2H2/t5-,6-,8-,9-,10+,11-,12-,15-,16?/m1/s1. The van der Waals surface area contributed by atoms with Crippen LogP contribution in [0.3, 0.4) is 0 Å². The summed E-state index contributed by atoms with van der Waals surface area (Å²) >= 11 is 0. The third kappa shape index (κ3) is 3.30. The predicted molar refractivity (Wildman–Crippen MR) is 94.6 cm³/mol. The number of hydrogen-bond donors (Lipinski definition) is 8. The molecule has 2 saturated heterocycles. The van der Waals surface area contributed by atoms with Crippen molar-refractivity contribution in [2.45, 2.75) is 55.2 Å². The molecule has 2 aliphatic rings. The van der Waals surface area contributed by atoms with Gasteiger partial charge in [0.2, 0.25) is 11.9 Å². The smallest absolute Gasteiger partial charge is 0.286 e. The van der Waals surface area contributed by atoms with Gasteiger partial charge in [-0.15, -0.1) is 0 Å². The summed E-state index contributed by atoms with van der Waals surface area (Å²) in [5.74, 6) is 0. The van der Waals surface area contributed by atoms with Crippen molar-refractivity contribution < 1.29 is 49.9 Å². The summed E-state index contributed by atoms with van der Waals surface area (Å²) in [4.78, 5) is 3.99. The average Bonchev–Trinajstić information content (AvgIpc) is 3.31. The summed E-state index contributed by atoms with van der Waals surface area (Å²) in [6.45, 7) is -1.29. The first-order valence-corrected chi connectivity index (χ1v) is 9.39. The summed E-state index contributed by atoms with van der Waals surface area (Å²) in [5, 5.41) is 90.1. The van der Waals surface area contributed by atoms with E-state index >= 15 is 0 Å². The van der Waals surface area contributed by atoms with Gasteiger partial charge < -0.3 is 50.4 Å². The van der Waals surface area contributed by atoms with Crippen LogP contribution in [0, 0.1) is 10.6 Å². The number of rotatable bonds is 4. The lowest BCUT2D eigenvalue weighted by Crippen LogP contribution is -2.57. The van der Waals surface area contributed by atoms with Gasteiger partial charge in [-0.3, -0.25) is 4.57 Å². The number of ether oxygens (including phenoxy) is 2. The Kier molecular flexibility index (Phi) is 5.71. The fraction of sp³-hybridized carbons (Fsp3) is 0.688. The average molecular weight is 445 g/mol. The third-order valence-corrected chi connectivity index (χ3v) is 5.62. The van der Waals surface area contributed by atoms with Crippen molar-refractivity contribution >= 4 is 11.2 Å². The lowest BCUT2D eigenvalue weighted by atomic mass is 9.98. The molecule has 0 spiro atoms. The molecular formula is C16H23N5O10. The van der Waals surface area contributed by atoms with Crippen LogP contribution >= 0.6 is 0 Å². The molecule has 31 heavy (non-hydrogen) atoms. The summed E-state index contributed by atoms with van der Waals surface area (Å²) < 4.78 is 13.3. The molecule has 2 aromatic rings. The number of aliphatic hydroxyl groups excluding tert-OH is 7. The number of aliphatic hydroxyl groups is 7. The molecule has 0 aliphatic carbocycles. The van der Waals surface area contributed by atoms with Crippen molar-refractivity contribution in [3.8, 4) is 0 Å². The molecule has 2 aliphatic heterocycles. The Morgan fingerprint density at radius 1 is 0.903 bits per heavy atom. The molecule has 1 unspecified atom stereocenters. The molecule has 4 heterocycles. The first-order chi connectivity index (χ1) is 14.7. The number of aromatic nitrogens is 4. The largest absolute Gasteiger partial charge is 0.740 e. The zero-order chi connectivity index (χ0) is 22.6. The normalized spacial score (nSPS) is 38.7. The van der Waals surface area contributed by atoms with Gasteiger partial charge in [0.25, 0.3) is 5.49 Å². The van der Waals surface area contributed by atoms with Crippen LogP contribution in [-0.4, -0.2) is 106 Å². The van der Waals surface area contributed by atoms with Crippen LogP contribution in [0.1, 0.15) is 12.5 Å². The molecule has 0 amide bonds. The molecule has 172 valence electrons. The van der Waals surface area contributed by atoms with Gasteiger partial charge in [-0.25, -0.2) is 14.3 Å². The summed E-state index contributed by atoms with van der Waals surface area (Å²) in [5.41, 5.74) is -0.829. The van der Waals surface area contributed by atoms with Crippen molar-refractivity contribution in [1.82, 2.24) is 14.1 Å². The predicted octanol–water partition coefficient (Wildman–Crippen LogP) is -5.47. The molecule has 0 saturated carbocycles. The monoisotopic (exact) mass is 445 g/mol. The third-order valence-electron chi connectivity index (χ3n) is 5.62. The maximum absolute atomic E-state index is 12.3. The first-order valence-electron chi connectivity index (χ1n) is 9.39. The SMILES string of the molecule is N=c1c2ncn([C@@H]3O[C@H](CO)[C@@H](O)[C@H]3O)c2n(C2O[C@H](CO)[C@@H](O)[C@H](O)[C@H]2O)c[n+]1[O-]. The minimum atomic E-state index is -1.75. The number of nitrogens with zero attached hydrogens (tertiary/aromatic N) is 4. The van der Waals surface area contributed by atoms with Crippen LogP contribution < -0.4 is 10.2 Å². The van der Waals surface area contributed by atoms with Crippen molar-refractivity contribution in [2.75, 3.05) is 13.2 Å². The van der Waals surface area contributed by atoms with Gasteiger partial charge >= 0.3 is 0 Å². The summed E-state index contributed by atoms with van der Waals surface area (Å²) in [6.07, 6.45) is -11.3. The minimum absolute atomic E-state index is 0.0590. The Bertz CT molecular complexity index is 1010. The fourth-order valence-corrected chi connectivity index (χ4v) is 3.90. The van der Waals surface area contributed by atoms with Crippen LogP contribution in [0.4, 0.5) is 0 Å². The highest BCUT2D eigenvalue weighted by molar-refractivity contribution is 5.69. The van der Waals surface area contributed by atoms with Crippen LogP contribution in [0.15, 0.2) is 12.7 Å². The maximum Gasteiger partial charge on any atom is 0.286 e. The first kappa shape index (κ1) is 22.0. The molecule has 15 nitrogen and oxygen atoms in total. The molecular weight excluding hydrogens is 422 g/mol. The Morgan fingerprint density at radius 2 is 1.42 bits per heavy atom. The van der Waals surface area contributed by atoms with Crippen molar-refractivity contribution in [3.63, 3.8) is 0 Å². The zero-order valence-electron chi connectivity index (χ0n) is 15.9. The van der Waals surface area contributed by atoms with Gasteiger partial charge in [0, 0.05) is 0 Å². The molecule has 0 bridgehead atoms. The maximum atomic E-state index is 12.3. The van der Waals surface area contributed by atoms with E-state index < -0.39 is 73.9 Å². The highest BCUT2D eigenvalue weighted by atomic mass is 16.6. The number of nitrogens with one attached hydrogen (secondary N) is 1. The number of hydrogen-bond acceptors (Lipinski definition) is 12. The van der Waals surface area contributed by atoms with Crippen LogP contribution in [-0.2, 0) is 9.47 Å². The van der Waals surface area contributed by atoms with Gasteiger partial charge in [0.05, 0.1) is 13.2 Å². The van der Waals surface area contributed by atoms with E-state index in [9.17, 15) is 41.0 Å². The number of imidazole rings is 1. The second kappa shape index (κ2) is 8.05. The molecule has 4 rings (SSSR count). The van der Waals surface area contributed by atoms with Gasteiger partial charge in [-0.05, 0) is 0 Å². The summed E-state index contributed by atoms with van der Waals surface area (Å²) in [7, 11) is 0. The van der Waals surface area contributed by atoms with Crippen LogP contribution in [0.25, 0.3) is 11.2 Å². The topological polar surface area (TPSA) is 234 Å². The summed E-state index contributed by atoms with van der Waals surface area (Å²) in [6, 6.07) is 0. The lowest BCUT2D eigenvalue weighted by Gasteiger charge is -2.39. The number of fused-ring (bicyclic) bond motifs is 1. The fourth-order valence-electron chi connectivity index (χ4n) is 3.90. The van der Waals surface area contributed by atoms with E-state index in [1.165, 1.54) is 4.57 Å². The van der Waals surface area contributed by atoms with E-state index in [-0.39, 0.29) is 15.9 Å². The Labute approximate surface area is 173 Å². The van der Waals surface area contributed by atoms with E-state index in [1.54, 1.807) is 0 Å². The molecule has 2 aromatic heterocycles. The minimum Gasteiger partial charge on any atom is -0.740 e. The molecule has 0 aromatic carbocycles. The quantitative estimate of drug-likeness (QED) is 0.163. The van der Waals surface area contributed by atoms with Crippen LogP contribution in [0.2, 0.25) is 0 Å². The van der Waals surface area contributed by atoms with Crippen molar-refractivity contribution in [1.29, 1.82) is 5.41 Å². The lowest BCUT2D eigenvalue weighted by molar-refractivity contribution is -0.628. The zero-order valence-corrected chi connectivity index (χ0v) is 15.9. The van der Waals surface area contributed by atoms with Gasteiger partial charge in [-0.1, -0.05) is 0 Å². The second-order valence-electron chi connectivity index (χ2n) is 7.47.